The van der Waals surface area contributed by atoms with E-state index in [1.54, 1.807) is 17.5 Å². The fourth-order valence-corrected chi connectivity index (χ4v) is 3.97. The van der Waals surface area contributed by atoms with E-state index in [0.29, 0.717) is 21.3 Å². The maximum absolute atomic E-state index is 13.6. The minimum absolute atomic E-state index is 0.0450. The van der Waals surface area contributed by atoms with Gasteiger partial charge >= 0.3 is 0 Å². The molecule has 2 aromatic heterocycles. The number of rotatable bonds is 5. The molecule has 0 saturated carbocycles. The van der Waals surface area contributed by atoms with Crippen LogP contribution in [-0.4, -0.2) is 22.4 Å². The molecule has 0 N–H and O–H groups in total. The summed E-state index contributed by atoms with van der Waals surface area (Å²) >= 11 is 1.29. The summed E-state index contributed by atoms with van der Waals surface area (Å²) in [5, 5.41) is 2.12. The quantitative estimate of drug-likeness (QED) is 0.459. The van der Waals surface area contributed by atoms with Crippen LogP contribution in [0.15, 0.2) is 59.0 Å². The van der Waals surface area contributed by atoms with Crippen molar-refractivity contribution in [2.45, 2.75) is 6.54 Å². The molecule has 8 heteroatoms. The number of ether oxygens (including phenoxy) is 1. The molecule has 0 spiro atoms. The molecule has 4 aromatic rings. The summed E-state index contributed by atoms with van der Waals surface area (Å²) in [4.78, 5) is 30.5. The number of carbonyl (C=O) groups is 1. The van der Waals surface area contributed by atoms with Crippen LogP contribution in [0, 0.1) is 11.6 Å². The van der Waals surface area contributed by atoms with E-state index in [4.69, 9.17) is 4.74 Å². The van der Waals surface area contributed by atoms with Crippen molar-refractivity contribution in [3.63, 3.8) is 0 Å². The van der Waals surface area contributed by atoms with E-state index < -0.39 is 17.2 Å². The minimum atomic E-state index is -0.577. The number of hydrogen-bond acceptors (Lipinski definition) is 5. The van der Waals surface area contributed by atoms with Crippen molar-refractivity contribution < 1.29 is 18.3 Å². The number of Topliss-reactive ketones (excluding diaryl/α,β-unsaturated/α-hetero) is 1. The van der Waals surface area contributed by atoms with Crippen LogP contribution >= 0.6 is 11.3 Å². The van der Waals surface area contributed by atoms with Crippen molar-refractivity contribution in [1.29, 1.82) is 0 Å². The first kappa shape index (κ1) is 18.9. The summed E-state index contributed by atoms with van der Waals surface area (Å²) in [6.45, 7) is -0.319. The van der Waals surface area contributed by atoms with Crippen LogP contribution in [0.2, 0.25) is 0 Å². The summed E-state index contributed by atoms with van der Waals surface area (Å²) in [5.41, 5.74) is 0.933. The van der Waals surface area contributed by atoms with E-state index >= 15 is 0 Å². The third-order valence-electron chi connectivity index (χ3n) is 4.49. The van der Waals surface area contributed by atoms with Gasteiger partial charge in [0.15, 0.2) is 5.78 Å². The summed E-state index contributed by atoms with van der Waals surface area (Å²) in [7, 11) is 1.38. The standard InChI is InChI=1S/C21H14F2N2O3S/c1-28-18-7-6-14(23)8-15(18)17(26)9-25-11-24-20-19(21(25)27)16(10-29-20)12-2-4-13(22)5-3-12/h2-8,10-11H,9H2,1H3. The zero-order valence-corrected chi connectivity index (χ0v) is 16.0. The van der Waals surface area contributed by atoms with Gasteiger partial charge in [0.1, 0.15) is 22.2 Å². The number of aromatic nitrogens is 2. The van der Waals surface area contributed by atoms with Crippen molar-refractivity contribution in [2.75, 3.05) is 7.11 Å². The number of nitrogens with zero attached hydrogens (tertiary/aromatic N) is 2. The van der Waals surface area contributed by atoms with Gasteiger partial charge in [0.25, 0.3) is 5.56 Å². The summed E-state index contributed by atoms with van der Waals surface area (Å²) in [5.74, 6) is -1.21. The molecule has 2 heterocycles. The molecule has 146 valence electrons. The predicted molar refractivity (Wildman–Crippen MR) is 107 cm³/mol. The lowest BCUT2D eigenvalue weighted by atomic mass is 10.1. The number of benzene rings is 2. The van der Waals surface area contributed by atoms with Gasteiger partial charge in [-0.2, -0.15) is 0 Å². The van der Waals surface area contributed by atoms with Crippen LogP contribution in [0.5, 0.6) is 5.75 Å². The Balaban J connectivity index is 1.76. The fourth-order valence-electron chi connectivity index (χ4n) is 3.06. The van der Waals surface area contributed by atoms with Gasteiger partial charge in [0.05, 0.1) is 30.9 Å². The molecule has 0 aliphatic carbocycles. The summed E-state index contributed by atoms with van der Waals surface area (Å²) in [6.07, 6.45) is 1.29. The molecule has 0 radical (unpaired) electrons. The predicted octanol–water partition coefficient (Wildman–Crippen LogP) is 4.29. The molecular weight excluding hydrogens is 398 g/mol. The number of methoxy groups -OCH3 is 1. The van der Waals surface area contributed by atoms with Crippen molar-refractivity contribution in [3.8, 4) is 16.9 Å². The lowest BCUT2D eigenvalue weighted by Crippen LogP contribution is -2.24. The Kier molecular flexibility index (Phi) is 4.94. The Morgan fingerprint density at radius 1 is 1.14 bits per heavy atom. The van der Waals surface area contributed by atoms with Gasteiger partial charge in [-0.15, -0.1) is 11.3 Å². The molecule has 5 nitrogen and oxygen atoms in total. The highest BCUT2D eigenvalue weighted by molar-refractivity contribution is 7.17. The summed E-state index contributed by atoms with van der Waals surface area (Å²) < 4.78 is 33.1. The maximum atomic E-state index is 13.6. The third kappa shape index (κ3) is 3.54. The SMILES string of the molecule is COc1ccc(F)cc1C(=O)Cn1cnc2scc(-c3ccc(F)cc3)c2c1=O. The Morgan fingerprint density at radius 2 is 1.86 bits per heavy atom. The number of fused-ring (bicyclic) bond motifs is 1. The molecule has 0 saturated heterocycles. The van der Waals surface area contributed by atoms with Gasteiger partial charge in [0, 0.05) is 10.9 Å². The number of ketones is 1. The molecule has 29 heavy (non-hydrogen) atoms. The van der Waals surface area contributed by atoms with Crippen molar-refractivity contribution in [2.24, 2.45) is 0 Å². The van der Waals surface area contributed by atoms with Crippen LogP contribution in [0.3, 0.4) is 0 Å². The first-order valence-corrected chi connectivity index (χ1v) is 9.45. The average molecular weight is 412 g/mol. The van der Waals surface area contributed by atoms with Crippen molar-refractivity contribution in [3.05, 3.63) is 81.7 Å². The van der Waals surface area contributed by atoms with Gasteiger partial charge in [-0.25, -0.2) is 13.8 Å². The lowest BCUT2D eigenvalue weighted by Gasteiger charge is -2.09. The van der Waals surface area contributed by atoms with Crippen molar-refractivity contribution >= 4 is 27.3 Å². The molecule has 0 unspecified atom stereocenters. The number of thiophene rings is 1. The Morgan fingerprint density at radius 3 is 2.59 bits per heavy atom. The van der Waals surface area contributed by atoms with E-state index in [9.17, 15) is 18.4 Å². The van der Waals surface area contributed by atoms with Crippen LogP contribution in [-0.2, 0) is 6.54 Å². The lowest BCUT2D eigenvalue weighted by molar-refractivity contribution is 0.0967. The molecule has 0 amide bonds. The third-order valence-corrected chi connectivity index (χ3v) is 5.38. The number of hydrogen-bond donors (Lipinski definition) is 0. The summed E-state index contributed by atoms with van der Waals surface area (Å²) in [6, 6.07) is 9.41. The van der Waals surface area contributed by atoms with Gasteiger partial charge in [0.2, 0.25) is 0 Å². The second-order valence-corrected chi connectivity index (χ2v) is 7.14. The Bertz CT molecular complexity index is 1280. The van der Waals surface area contributed by atoms with Crippen LogP contribution in [0.4, 0.5) is 8.78 Å². The van der Waals surface area contributed by atoms with E-state index in [1.807, 2.05) is 0 Å². The van der Waals surface area contributed by atoms with Crippen LogP contribution in [0.25, 0.3) is 21.3 Å². The van der Waals surface area contributed by atoms with Crippen LogP contribution in [0.1, 0.15) is 10.4 Å². The first-order chi connectivity index (χ1) is 14.0. The smallest absolute Gasteiger partial charge is 0.263 e. The number of halogens is 2. The molecule has 0 fully saturated rings. The van der Waals surface area contributed by atoms with E-state index in [2.05, 4.69) is 4.98 Å². The molecule has 2 aromatic carbocycles. The van der Waals surface area contributed by atoms with E-state index in [-0.39, 0.29) is 23.7 Å². The Hall–Kier alpha value is -3.39. The minimum Gasteiger partial charge on any atom is -0.496 e. The molecule has 0 bridgehead atoms. The molecular formula is C21H14F2N2O3S. The highest BCUT2D eigenvalue weighted by Gasteiger charge is 2.18. The highest BCUT2D eigenvalue weighted by Crippen LogP contribution is 2.30. The molecule has 0 aliphatic heterocycles. The zero-order chi connectivity index (χ0) is 20.5. The second kappa shape index (κ2) is 7.56. The van der Waals surface area contributed by atoms with E-state index in [1.165, 1.54) is 53.6 Å². The highest BCUT2D eigenvalue weighted by atomic mass is 32.1. The van der Waals surface area contributed by atoms with Crippen molar-refractivity contribution in [1.82, 2.24) is 9.55 Å². The van der Waals surface area contributed by atoms with E-state index in [0.717, 1.165) is 6.07 Å². The van der Waals surface area contributed by atoms with Gasteiger partial charge in [-0.1, -0.05) is 12.1 Å². The zero-order valence-electron chi connectivity index (χ0n) is 15.2. The molecule has 4 rings (SSSR count). The van der Waals surface area contributed by atoms with Gasteiger partial charge in [-0.05, 0) is 35.9 Å². The average Bonchev–Trinajstić information content (AvgIpc) is 3.15. The number of carbonyl (C=O) groups excluding carboxylic acids is 1. The van der Waals surface area contributed by atoms with Gasteiger partial charge in [-0.3, -0.25) is 14.2 Å². The van der Waals surface area contributed by atoms with Gasteiger partial charge < -0.3 is 4.74 Å². The van der Waals surface area contributed by atoms with Crippen LogP contribution < -0.4 is 10.3 Å². The molecule has 0 aliphatic rings. The second-order valence-electron chi connectivity index (χ2n) is 6.28. The topological polar surface area (TPSA) is 61.2 Å². The monoisotopic (exact) mass is 412 g/mol. The largest absolute Gasteiger partial charge is 0.496 e. The maximum Gasteiger partial charge on any atom is 0.263 e. The normalized spacial score (nSPS) is 11.0. The Labute approximate surface area is 167 Å². The molecule has 0 atom stereocenters. The fraction of sp³-hybridized carbons (Fsp3) is 0.0952. The first-order valence-electron chi connectivity index (χ1n) is 8.57.